The van der Waals surface area contributed by atoms with E-state index < -0.39 is 6.09 Å². The topological polar surface area (TPSA) is 98.4 Å². The Morgan fingerprint density at radius 2 is 2.06 bits per heavy atom. The molecule has 0 saturated carbocycles. The van der Waals surface area contributed by atoms with Crippen molar-refractivity contribution in [1.82, 2.24) is 15.1 Å². The van der Waals surface area contributed by atoms with Crippen LogP contribution < -0.4 is 10.1 Å². The summed E-state index contributed by atoms with van der Waals surface area (Å²) in [6.07, 6.45) is 3.41. The average molecular weight is 447 g/mol. The number of nitrogens with zero attached hydrogens (tertiary/aromatic N) is 3. The molecule has 170 valence electrons. The molecule has 1 atom stereocenters. The lowest BCUT2D eigenvalue weighted by Gasteiger charge is -2.23. The molecule has 4 bridgehead atoms. The van der Waals surface area contributed by atoms with Crippen LogP contribution in [0.3, 0.4) is 0 Å². The number of amides is 1. The maximum atomic E-state index is 12.1. The number of alkyl carbamates (subject to hydrolysis) is 1. The first-order valence-electron chi connectivity index (χ1n) is 11.4. The number of hydrogen-bond donors (Lipinski definition) is 1. The Labute approximate surface area is 192 Å². The SMILES string of the molecule is N#CCc1cc2cc(c1)-c1nn(C3CCCCO3)c3ccc(cc13)OCCCNC(=O)OC2. The molecule has 3 heterocycles. The van der Waals surface area contributed by atoms with Crippen LogP contribution in [0.5, 0.6) is 5.75 Å². The summed E-state index contributed by atoms with van der Waals surface area (Å²) in [6.45, 7) is 1.78. The van der Waals surface area contributed by atoms with Gasteiger partial charge in [-0.3, -0.25) is 0 Å². The quantitative estimate of drug-likeness (QED) is 0.623. The van der Waals surface area contributed by atoms with E-state index in [9.17, 15) is 10.1 Å². The second-order valence-electron chi connectivity index (χ2n) is 8.37. The molecule has 5 rings (SSSR count). The van der Waals surface area contributed by atoms with Crippen LogP contribution in [-0.2, 0) is 22.5 Å². The first kappa shape index (κ1) is 21.3. The van der Waals surface area contributed by atoms with Crippen molar-refractivity contribution in [3.05, 3.63) is 47.5 Å². The maximum absolute atomic E-state index is 12.1. The fraction of sp³-hybridized carbons (Fsp3) is 0.400. The number of carbonyl (C=O) groups is 1. The summed E-state index contributed by atoms with van der Waals surface area (Å²) in [6, 6.07) is 14.0. The monoisotopic (exact) mass is 446 g/mol. The van der Waals surface area contributed by atoms with Gasteiger partial charge in [0.05, 0.1) is 24.6 Å². The third kappa shape index (κ3) is 4.64. The molecule has 1 fully saturated rings. The molecular formula is C25H26N4O4. The lowest BCUT2D eigenvalue weighted by Crippen LogP contribution is -2.26. The van der Waals surface area contributed by atoms with E-state index >= 15 is 0 Å². The minimum absolute atomic E-state index is 0.110. The molecule has 0 radical (unpaired) electrons. The fourth-order valence-electron chi connectivity index (χ4n) is 4.39. The van der Waals surface area contributed by atoms with Crippen molar-refractivity contribution in [3.8, 4) is 23.1 Å². The molecule has 3 aromatic rings. The Morgan fingerprint density at radius 1 is 1.12 bits per heavy atom. The van der Waals surface area contributed by atoms with E-state index in [4.69, 9.17) is 19.3 Å². The van der Waals surface area contributed by atoms with Crippen molar-refractivity contribution in [2.24, 2.45) is 0 Å². The van der Waals surface area contributed by atoms with Crippen LogP contribution in [0.2, 0.25) is 0 Å². The Morgan fingerprint density at radius 3 is 2.91 bits per heavy atom. The number of cyclic esters (lactones) is 1. The third-order valence-electron chi connectivity index (χ3n) is 5.94. The van der Waals surface area contributed by atoms with E-state index in [1.54, 1.807) is 0 Å². The van der Waals surface area contributed by atoms with Gasteiger partial charge in [0.25, 0.3) is 0 Å². The van der Waals surface area contributed by atoms with E-state index in [-0.39, 0.29) is 19.3 Å². The molecule has 2 aliphatic rings. The van der Waals surface area contributed by atoms with Crippen LogP contribution in [0.1, 0.15) is 43.0 Å². The molecule has 8 heteroatoms. The fourth-order valence-corrected chi connectivity index (χ4v) is 4.39. The first-order valence-corrected chi connectivity index (χ1v) is 11.4. The van der Waals surface area contributed by atoms with Gasteiger partial charge in [-0.05, 0) is 67.1 Å². The number of nitrogens with one attached hydrogen (secondary N) is 1. The molecule has 0 spiro atoms. The van der Waals surface area contributed by atoms with E-state index in [1.807, 2.05) is 41.1 Å². The highest BCUT2D eigenvalue weighted by Crippen LogP contribution is 2.35. The predicted molar refractivity (Wildman–Crippen MR) is 122 cm³/mol. The zero-order chi connectivity index (χ0) is 22.6. The maximum Gasteiger partial charge on any atom is 0.407 e. The molecule has 1 unspecified atom stereocenters. The van der Waals surface area contributed by atoms with E-state index in [0.29, 0.717) is 19.6 Å². The second-order valence-corrected chi connectivity index (χ2v) is 8.37. The number of aromatic nitrogens is 2. The van der Waals surface area contributed by atoms with Gasteiger partial charge >= 0.3 is 6.09 Å². The summed E-state index contributed by atoms with van der Waals surface area (Å²) >= 11 is 0. The van der Waals surface area contributed by atoms with Crippen LogP contribution in [0.4, 0.5) is 4.79 Å². The van der Waals surface area contributed by atoms with Crippen LogP contribution in [-0.4, -0.2) is 35.6 Å². The Bertz CT molecular complexity index is 1210. The number of nitriles is 1. The zero-order valence-electron chi connectivity index (χ0n) is 18.4. The van der Waals surface area contributed by atoms with Gasteiger partial charge in [-0.1, -0.05) is 6.07 Å². The van der Waals surface area contributed by atoms with E-state index in [0.717, 1.165) is 64.9 Å². The van der Waals surface area contributed by atoms with Crippen LogP contribution >= 0.6 is 0 Å². The number of rotatable bonds is 2. The summed E-state index contributed by atoms with van der Waals surface area (Å²) in [7, 11) is 0. The van der Waals surface area contributed by atoms with Crippen LogP contribution in [0.25, 0.3) is 22.2 Å². The Kier molecular flexibility index (Phi) is 6.13. The Balaban J connectivity index is 1.66. The van der Waals surface area contributed by atoms with Crippen molar-refractivity contribution in [1.29, 1.82) is 5.26 Å². The van der Waals surface area contributed by atoms with Crippen molar-refractivity contribution in [2.45, 2.75) is 44.9 Å². The highest BCUT2D eigenvalue weighted by molar-refractivity contribution is 5.94. The molecule has 1 saturated heterocycles. The number of carbonyl (C=O) groups excluding carboxylic acids is 1. The molecule has 8 nitrogen and oxygen atoms in total. The van der Waals surface area contributed by atoms with Crippen molar-refractivity contribution >= 4 is 17.0 Å². The third-order valence-corrected chi connectivity index (χ3v) is 5.94. The van der Waals surface area contributed by atoms with Crippen molar-refractivity contribution in [2.75, 3.05) is 19.8 Å². The minimum atomic E-state index is -0.473. The average Bonchev–Trinajstić information content (AvgIpc) is 3.22. The zero-order valence-corrected chi connectivity index (χ0v) is 18.4. The van der Waals surface area contributed by atoms with E-state index in [2.05, 4.69) is 11.4 Å². The number of ether oxygens (including phenoxy) is 3. The van der Waals surface area contributed by atoms with Gasteiger partial charge in [-0.15, -0.1) is 0 Å². The van der Waals surface area contributed by atoms with Gasteiger partial charge in [-0.25, -0.2) is 9.48 Å². The minimum Gasteiger partial charge on any atom is -0.494 e. The van der Waals surface area contributed by atoms with Crippen molar-refractivity contribution < 1.29 is 19.0 Å². The second kappa shape index (κ2) is 9.51. The molecule has 1 aromatic heterocycles. The number of fused-ring (bicyclic) bond motifs is 4. The highest BCUT2D eigenvalue weighted by atomic mass is 16.5. The standard InChI is InChI=1S/C25H26N4O4/c26-8-7-17-12-18-14-19(13-17)24-21-15-20(31-11-3-9-27-25(30)33-16-18)5-6-22(21)29(28-24)23-4-1-2-10-32-23/h5-6,12-15,23H,1-4,7,9-11,16H2,(H,27,30). The molecule has 1 N–H and O–H groups in total. The largest absolute Gasteiger partial charge is 0.494 e. The van der Waals surface area contributed by atoms with Gasteiger partial charge in [0.2, 0.25) is 0 Å². The van der Waals surface area contributed by atoms with Crippen LogP contribution in [0.15, 0.2) is 36.4 Å². The number of hydrogen-bond acceptors (Lipinski definition) is 6. The number of benzene rings is 2. The van der Waals surface area contributed by atoms with Crippen molar-refractivity contribution in [3.63, 3.8) is 0 Å². The molecule has 1 amide bonds. The van der Waals surface area contributed by atoms with Gasteiger partial charge in [0.15, 0.2) is 6.23 Å². The summed E-state index contributed by atoms with van der Waals surface area (Å²) in [5.41, 5.74) is 4.31. The van der Waals surface area contributed by atoms with Crippen LogP contribution in [0, 0.1) is 11.3 Å². The lowest BCUT2D eigenvalue weighted by molar-refractivity contribution is -0.0365. The van der Waals surface area contributed by atoms with Gasteiger partial charge < -0.3 is 19.5 Å². The normalized spacial score (nSPS) is 19.0. The summed E-state index contributed by atoms with van der Waals surface area (Å²) in [4.78, 5) is 12.1. The molecule has 2 aromatic carbocycles. The lowest BCUT2D eigenvalue weighted by atomic mass is 10.0. The van der Waals surface area contributed by atoms with Gasteiger partial charge in [-0.2, -0.15) is 10.4 Å². The highest BCUT2D eigenvalue weighted by Gasteiger charge is 2.23. The molecule has 2 aliphatic heterocycles. The molecule has 0 aliphatic carbocycles. The summed E-state index contributed by atoms with van der Waals surface area (Å²) in [5, 5.41) is 18.0. The predicted octanol–water partition coefficient (Wildman–Crippen LogP) is 4.48. The first-order chi connectivity index (χ1) is 16.2. The van der Waals surface area contributed by atoms with Gasteiger partial charge in [0.1, 0.15) is 18.1 Å². The van der Waals surface area contributed by atoms with E-state index in [1.165, 1.54) is 0 Å². The summed E-state index contributed by atoms with van der Waals surface area (Å²) in [5.74, 6) is 0.749. The summed E-state index contributed by atoms with van der Waals surface area (Å²) < 4.78 is 19.3. The molecular weight excluding hydrogens is 420 g/mol. The smallest absolute Gasteiger partial charge is 0.407 e. The van der Waals surface area contributed by atoms with Gasteiger partial charge in [0, 0.05) is 24.1 Å². The molecule has 33 heavy (non-hydrogen) atoms. The Hall–Kier alpha value is -3.57.